The maximum Gasteiger partial charge on any atom is 0.123 e. The molecule has 1 N–H and O–H groups in total. The first kappa shape index (κ1) is 10.6. The maximum atomic E-state index is 12.8. The van der Waals surface area contributed by atoms with Crippen LogP contribution in [0.15, 0.2) is 24.3 Å². The molecule has 1 saturated heterocycles. The molecule has 82 valence electrons. The number of nitrogens with zero attached hydrogens (tertiary/aromatic N) is 1. The third kappa shape index (κ3) is 2.19. The molecule has 0 aromatic heterocycles. The fraction of sp³-hybridized carbons (Fsp3) is 0.500. The number of hydrogen-bond acceptors (Lipinski definition) is 2. The Labute approximate surface area is 90.1 Å². The molecule has 2 nitrogen and oxygen atoms in total. The molecule has 1 aromatic carbocycles. The highest BCUT2D eigenvalue weighted by molar-refractivity contribution is 5.21. The highest BCUT2D eigenvalue weighted by Gasteiger charge is 2.29. The summed E-state index contributed by atoms with van der Waals surface area (Å²) in [5.41, 5.74) is 1.20. The van der Waals surface area contributed by atoms with E-state index in [1.165, 1.54) is 17.7 Å². The van der Waals surface area contributed by atoms with Gasteiger partial charge >= 0.3 is 0 Å². The third-order valence-electron chi connectivity index (χ3n) is 3.03. The molecule has 1 heterocycles. The summed E-state index contributed by atoms with van der Waals surface area (Å²) in [5, 5.41) is 3.28. The van der Waals surface area contributed by atoms with Crippen molar-refractivity contribution in [3.05, 3.63) is 35.6 Å². The van der Waals surface area contributed by atoms with Crippen LogP contribution in [0.2, 0.25) is 0 Å². The molecule has 0 spiro atoms. The monoisotopic (exact) mass is 208 g/mol. The van der Waals surface area contributed by atoms with Crippen molar-refractivity contribution in [1.82, 2.24) is 10.2 Å². The molecular weight excluding hydrogens is 191 g/mol. The summed E-state index contributed by atoms with van der Waals surface area (Å²) in [6.45, 7) is 2.11. The van der Waals surface area contributed by atoms with Crippen LogP contribution >= 0.6 is 0 Å². The first-order chi connectivity index (χ1) is 7.18. The van der Waals surface area contributed by atoms with Gasteiger partial charge in [0.25, 0.3) is 0 Å². The van der Waals surface area contributed by atoms with Gasteiger partial charge in [0.1, 0.15) is 5.82 Å². The Morgan fingerprint density at radius 3 is 2.27 bits per heavy atom. The van der Waals surface area contributed by atoms with E-state index in [1.807, 2.05) is 12.1 Å². The predicted molar refractivity (Wildman–Crippen MR) is 59.2 cm³/mol. The van der Waals surface area contributed by atoms with Crippen molar-refractivity contribution in [3.8, 4) is 0 Å². The van der Waals surface area contributed by atoms with Gasteiger partial charge in [-0.2, -0.15) is 0 Å². The summed E-state index contributed by atoms with van der Waals surface area (Å²) >= 11 is 0. The minimum atomic E-state index is -0.164. The van der Waals surface area contributed by atoms with E-state index in [4.69, 9.17) is 0 Å². The zero-order chi connectivity index (χ0) is 10.8. The topological polar surface area (TPSA) is 15.3 Å². The summed E-state index contributed by atoms with van der Waals surface area (Å²) in [4.78, 5) is 2.21. The van der Waals surface area contributed by atoms with Crippen LogP contribution < -0.4 is 5.32 Å². The SMILES string of the molecule is CN(C)C(c1ccc(F)cc1)C1CNC1. The molecule has 1 aliphatic rings. The third-order valence-corrected chi connectivity index (χ3v) is 3.03. The molecule has 0 bridgehead atoms. The Balaban J connectivity index is 2.19. The van der Waals surface area contributed by atoms with E-state index in [1.54, 1.807) is 0 Å². The van der Waals surface area contributed by atoms with Crippen LogP contribution in [0, 0.1) is 11.7 Å². The number of hydrogen-bond donors (Lipinski definition) is 1. The lowest BCUT2D eigenvalue weighted by Gasteiger charge is -2.38. The minimum absolute atomic E-state index is 0.164. The van der Waals surface area contributed by atoms with Crippen LogP contribution in [0.25, 0.3) is 0 Å². The zero-order valence-corrected chi connectivity index (χ0v) is 9.20. The molecule has 1 aliphatic heterocycles. The Kier molecular flexibility index (Phi) is 3.03. The molecule has 2 rings (SSSR count). The molecule has 0 amide bonds. The van der Waals surface area contributed by atoms with E-state index in [0.29, 0.717) is 12.0 Å². The van der Waals surface area contributed by atoms with Crippen molar-refractivity contribution in [2.24, 2.45) is 5.92 Å². The van der Waals surface area contributed by atoms with E-state index < -0.39 is 0 Å². The fourth-order valence-corrected chi connectivity index (χ4v) is 2.19. The quantitative estimate of drug-likeness (QED) is 0.812. The molecule has 0 radical (unpaired) electrons. The van der Waals surface area contributed by atoms with E-state index in [0.717, 1.165) is 13.1 Å². The molecular formula is C12H17FN2. The van der Waals surface area contributed by atoms with Crippen LogP contribution in [0.5, 0.6) is 0 Å². The van der Waals surface area contributed by atoms with Crippen molar-refractivity contribution in [3.63, 3.8) is 0 Å². The Hall–Kier alpha value is -0.930. The minimum Gasteiger partial charge on any atom is -0.316 e. The number of halogens is 1. The van der Waals surface area contributed by atoms with E-state index in [2.05, 4.69) is 24.3 Å². The van der Waals surface area contributed by atoms with Crippen molar-refractivity contribution < 1.29 is 4.39 Å². The van der Waals surface area contributed by atoms with Gasteiger partial charge in [-0.15, -0.1) is 0 Å². The average Bonchev–Trinajstić information content (AvgIpc) is 2.12. The highest BCUT2D eigenvalue weighted by atomic mass is 19.1. The van der Waals surface area contributed by atoms with Gasteiger partial charge < -0.3 is 10.2 Å². The van der Waals surface area contributed by atoms with Crippen molar-refractivity contribution in [1.29, 1.82) is 0 Å². The fourth-order valence-electron chi connectivity index (χ4n) is 2.19. The first-order valence-corrected chi connectivity index (χ1v) is 5.31. The molecule has 0 aliphatic carbocycles. The summed E-state index contributed by atoms with van der Waals surface area (Å²) in [7, 11) is 4.15. The largest absolute Gasteiger partial charge is 0.316 e. The van der Waals surface area contributed by atoms with Crippen LogP contribution in [0.3, 0.4) is 0 Å². The average molecular weight is 208 g/mol. The zero-order valence-electron chi connectivity index (χ0n) is 9.20. The summed E-state index contributed by atoms with van der Waals surface area (Å²) in [5.74, 6) is 0.480. The second kappa shape index (κ2) is 4.29. The van der Waals surface area contributed by atoms with Crippen molar-refractivity contribution >= 4 is 0 Å². The van der Waals surface area contributed by atoms with Crippen LogP contribution in [-0.2, 0) is 0 Å². The lowest BCUT2D eigenvalue weighted by molar-refractivity contribution is 0.161. The second-order valence-electron chi connectivity index (χ2n) is 4.38. The summed E-state index contributed by atoms with van der Waals surface area (Å²) in [6, 6.07) is 7.25. The van der Waals surface area contributed by atoms with Gasteiger partial charge in [0.05, 0.1) is 0 Å². The normalized spacial score (nSPS) is 18.9. The highest BCUT2D eigenvalue weighted by Crippen LogP contribution is 2.29. The molecule has 3 heteroatoms. The Morgan fingerprint density at radius 2 is 1.87 bits per heavy atom. The molecule has 15 heavy (non-hydrogen) atoms. The van der Waals surface area contributed by atoms with E-state index >= 15 is 0 Å². The number of nitrogens with one attached hydrogen (secondary N) is 1. The summed E-state index contributed by atoms with van der Waals surface area (Å²) < 4.78 is 12.8. The van der Waals surface area contributed by atoms with Gasteiger partial charge in [-0.1, -0.05) is 12.1 Å². The molecule has 1 fully saturated rings. The van der Waals surface area contributed by atoms with Crippen LogP contribution in [0.4, 0.5) is 4.39 Å². The van der Waals surface area contributed by atoms with Gasteiger partial charge in [0, 0.05) is 25.0 Å². The Bertz CT molecular complexity index is 317. The molecule has 1 atom stereocenters. The lowest BCUT2D eigenvalue weighted by Crippen LogP contribution is -2.48. The van der Waals surface area contributed by atoms with Crippen molar-refractivity contribution in [2.45, 2.75) is 6.04 Å². The van der Waals surface area contributed by atoms with E-state index in [-0.39, 0.29) is 5.82 Å². The predicted octanol–water partition coefficient (Wildman–Crippen LogP) is 1.65. The number of benzene rings is 1. The van der Waals surface area contributed by atoms with Gasteiger partial charge in [0.2, 0.25) is 0 Å². The molecule has 1 unspecified atom stereocenters. The standard InChI is InChI=1S/C12H17FN2/c1-15(2)12(10-7-14-8-10)9-3-5-11(13)6-4-9/h3-6,10,12,14H,7-8H2,1-2H3. The van der Waals surface area contributed by atoms with Crippen LogP contribution in [-0.4, -0.2) is 32.1 Å². The molecule has 1 aromatic rings. The maximum absolute atomic E-state index is 12.8. The van der Waals surface area contributed by atoms with Gasteiger partial charge in [0.15, 0.2) is 0 Å². The second-order valence-corrected chi connectivity index (χ2v) is 4.38. The summed E-state index contributed by atoms with van der Waals surface area (Å²) in [6.07, 6.45) is 0. The number of rotatable bonds is 3. The van der Waals surface area contributed by atoms with Crippen LogP contribution in [0.1, 0.15) is 11.6 Å². The van der Waals surface area contributed by atoms with E-state index in [9.17, 15) is 4.39 Å². The van der Waals surface area contributed by atoms with Crippen molar-refractivity contribution in [2.75, 3.05) is 27.2 Å². The van der Waals surface area contributed by atoms with Gasteiger partial charge in [-0.05, 0) is 31.8 Å². The van der Waals surface area contributed by atoms with Gasteiger partial charge in [-0.3, -0.25) is 0 Å². The first-order valence-electron chi connectivity index (χ1n) is 5.31. The molecule has 0 saturated carbocycles. The smallest absolute Gasteiger partial charge is 0.123 e. The van der Waals surface area contributed by atoms with Gasteiger partial charge in [-0.25, -0.2) is 4.39 Å². The lowest BCUT2D eigenvalue weighted by atomic mass is 9.88. The Morgan fingerprint density at radius 1 is 1.27 bits per heavy atom.